The number of hydrogen-bond acceptors (Lipinski definition) is 7. The number of carbonyl (C=O) groups is 1. The molecule has 3 heterocycles. The molecule has 3 aromatic rings. The summed E-state index contributed by atoms with van der Waals surface area (Å²) < 4.78 is 46.6. The van der Waals surface area contributed by atoms with Crippen LogP contribution in [-0.4, -0.2) is 68.2 Å². The third-order valence-corrected chi connectivity index (χ3v) is 11.0. The summed E-state index contributed by atoms with van der Waals surface area (Å²) >= 11 is 0. The van der Waals surface area contributed by atoms with Gasteiger partial charge in [0, 0.05) is 70.7 Å². The van der Waals surface area contributed by atoms with Crippen molar-refractivity contribution in [2.45, 2.75) is 49.7 Å². The van der Waals surface area contributed by atoms with E-state index in [1.54, 1.807) is 11.7 Å². The number of carbonyl (C=O) groups excluding carboxylic acids is 1. The Bertz CT molecular complexity index is 1620. The topological polar surface area (TPSA) is 116 Å². The van der Waals surface area contributed by atoms with Crippen LogP contribution in [0.25, 0.3) is 16.9 Å². The highest BCUT2D eigenvalue weighted by atomic mass is 32.2. The summed E-state index contributed by atoms with van der Waals surface area (Å²) in [6.07, 6.45) is 3.79. The number of anilines is 1. The fourth-order valence-corrected chi connectivity index (χ4v) is 7.55. The van der Waals surface area contributed by atoms with Crippen molar-refractivity contribution in [1.29, 1.82) is 5.26 Å². The Balaban J connectivity index is 1.35. The maximum Gasteiger partial charge on any atom is 0.225 e. The normalized spacial score (nSPS) is 24.4. The minimum atomic E-state index is -2.12. The van der Waals surface area contributed by atoms with Crippen molar-refractivity contribution < 1.29 is 17.8 Å². The zero-order chi connectivity index (χ0) is 29.5. The first kappa shape index (κ1) is 28.3. The molecule has 6 rings (SSSR count). The lowest BCUT2D eigenvalue weighted by Crippen LogP contribution is -2.44. The lowest BCUT2D eigenvalue weighted by molar-refractivity contribution is -0.128. The molecular weight excluding hydrogens is 560 g/mol. The molecule has 0 bridgehead atoms. The van der Waals surface area contributed by atoms with E-state index in [1.807, 2.05) is 30.5 Å². The number of alkyl halides is 1. The number of amides is 1. The molecule has 0 unspecified atom stereocenters. The molecule has 2 aliphatic carbocycles. The van der Waals surface area contributed by atoms with Gasteiger partial charge in [0.05, 0.1) is 18.0 Å². The van der Waals surface area contributed by atoms with Gasteiger partial charge in [-0.05, 0) is 61.9 Å². The molecule has 1 aliphatic heterocycles. The molecule has 1 aromatic carbocycles. The number of aromatic nitrogens is 3. The van der Waals surface area contributed by atoms with Gasteiger partial charge >= 0.3 is 0 Å². The molecule has 0 radical (unpaired) electrons. The summed E-state index contributed by atoms with van der Waals surface area (Å²) in [4.78, 5) is 19.8. The highest BCUT2D eigenvalue weighted by molar-refractivity contribution is 7.93. The van der Waals surface area contributed by atoms with Crippen molar-refractivity contribution in [2.24, 2.45) is 10.3 Å². The van der Waals surface area contributed by atoms with Crippen LogP contribution in [0.2, 0.25) is 0 Å². The lowest BCUT2D eigenvalue weighted by Gasteiger charge is -2.32. The van der Waals surface area contributed by atoms with Crippen LogP contribution in [0.1, 0.15) is 43.7 Å². The molecule has 3 atom stereocenters. The van der Waals surface area contributed by atoms with E-state index < -0.39 is 33.2 Å². The first-order valence-electron chi connectivity index (χ1n) is 14.3. The Morgan fingerprint density at radius 2 is 1.90 bits per heavy atom. The summed E-state index contributed by atoms with van der Waals surface area (Å²) in [5, 5.41) is 17.3. The largest absolute Gasteiger partial charge is 0.370 e. The zero-order valence-electron chi connectivity index (χ0n) is 23.4. The van der Waals surface area contributed by atoms with Crippen LogP contribution in [0.4, 0.5) is 14.5 Å². The molecule has 3 fully saturated rings. The van der Waals surface area contributed by atoms with E-state index in [4.69, 9.17) is 5.10 Å². The molecule has 2 aromatic heterocycles. The molecule has 9 nitrogen and oxygen atoms in total. The summed E-state index contributed by atoms with van der Waals surface area (Å²) in [5.74, 6) is -0.378. The van der Waals surface area contributed by atoms with Gasteiger partial charge < -0.3 is 10.2 Å². The maximum absolute atomic E-state index is 14.7. The summed E-state index contributed by atoms with van der Waals surface area (Å²) in [5.41, 5.74) is 2.44. The highest BCUT2D eigenvalue weighted by Crippen LogP contribution is 2.44. The number of halogens is 2. The van der Waals surface area contributed by atoms with Crippen LogP contribution < -0.4 is 10.2 Å². The predicted octanol–water partition coefficient (Wildman–Crippen LogP) is 4.39. The van der Waals surface area contributed by atoms with Crippen LogP contribution in [0.3, 0.4) is 0 Å². The summed E-state index contributed by atoms with van der Waals surface area (Å²) in [6, 6.07) is 13.0. The van der Waals surface area contributed by atoms with Crippen molar-refractivity contribution >= 4 is 21.3 Å². The Hall–Kier alpha value is -3.85. The van der Waals surface area contributed by atoms with E-state index >= 15 is 0 Å². The standard InChI is InChI=1S/C30H33F2N7O2S/c1-34-42(41)14-12-38(13-15-42)23-6-2-20(3-7-23)26-18-39(27-9-5-22(32)17-35-27)37-28(26)24-8-4-21(31)16-25(24)29(40)36-30(19-33)10-11-30/h2-3,5-7,9,17-18,21,24-25H,4,8,10-16H2,1H3,(H,36,40)/t21-,24+,25+/m0/s1. The maximum atomic E-state index is 14.7. The van der Waals surface area contributed by atoms with E-state index in [-0.39, 0.29) is 18.2 Å². The number of hydrogen-bond donors (Lipinski definition) is 1. The molecule has 0 spiro atoms. The highest BCUT2D eigenvalue weighted by Gasteiger charge is 2.48. The van der Waals surface area contributed by atoms with Gasteiger partial charge in [0.15, 0.2) is 5.82 Å². The second-order valence-electron chi connectivity index (χ2n) is 11.4. The number of nitrogens with zero attached hydrogens (tertiary/aromatic N) is 6. The average Bonchev–Trinajstić information content (AvgIpc) is 3.65. The third kappa shape index (κ3) is 5.62. The molecule has 42 heavy (non-hydrogen) atoms. The molecular formula is C30H33F2N7O2S. The molecule has 3 aliphatic rings. The van der Waals surface area contributed by atoms with Gasteiger partial charge in [-0.2, -0.15) is 10.4 Å². The molecule has 1 saturated heterocycles. The van der Waals surface area contributed by atoms with E-state index in [9.17, 15) is 23.0 Å². The predicted molar refractivity (Wildman–Crippen MR) is 156 cm³/mol. The van der Waals surface area contributed by atoms with Gasteiger partial charge in [0.2, 0.25) is 5.91 Å². The van der Waals surface area contributed by atoms with Crippen LogP contribution in [0.15, 0.2) is 53.2 Å². The molecule has 1 N–H and O–H groups in total. The van der Waals surface area contributed by atoms with Crippen LogP contribution in [0, 0.1) is 23.1 Å². The fraction of sp³-hybridized carbons (Fsp3) is 0.467. The van der Waals surface area contributed by atoms with E-state index in [0.717, 1.165) is 23.0 Å². The van der Waals surface area contributed by atoms with E-state index in [0.29, 0.717) is 61.8 Å². The van der Waals surface area contributed by atoms with E-state index in [2.05, 4.69) is 25.6 Å². The molecule has 2 saturated carbocycles. The zero-order valence-corrected chi connectivity index (χ0v) is 24.2. The lowest BCUT2D eigenvalue weighted by atomic mass is 9.74. The van der Waals surface area contributed by atoms with Crippen LogP contribution in [0.5, 0.6) is 0 Å². The molecule has 1 amide bonds. The van der Waals surface area contributed by atoms with Crippen molar-refractivity contribution in [2.75, 3.05) is 36.5 Å². The number of benzene rings is 1. The van der Waals surface area contributed by atoms with Crippen LogP contribution >= 0.6 is 0 Å². The van der Waals surface area contributed by atoms with Crippen LogP contribution in [-0.2, 0) is 14.5 Å². The van der Waals surface area contributed by atoms with Gasteiger partial charge in [-0.15, -0.1) is 0 Å². The monoisotopic (exact) mass is 593 g/mol. The van der Waals surface area contributed by atoms with Gasteiger partial charge in [-0.1, -0.05) is 12.1 Å². The fourth-order valence-electron chi connectivity index (χ4n) is 5.97. The minimum absolute atomic E-state index is 0.0558. The van der Waals surface area contributed by atoms with Gasteiger partial charge in [0.1, 0.15) is 17.5 Å². The second kappa shape index (κ2) is 11.1. The minimum Gasteiger partial charge on any atom is -0.370 e. The Morgan fingerprint density at radius 1 is 1.17 bits per heavy atom. The number of nitrogens with one attached hydrogen (secondary N) is 1. The van der Waals surface area contributed by atoms with Crippen molar-refractivity contribution in [3.63, 3.8) is 0 Å². The summed E-state index contributed by atoms with van der Waals surface area (Å²) in [7, 11) is -0.506. The Morgan fingerprint density at radius 3 is 2.52 bits per heavy atom. The smallest absolute Gasteiger partial charge is 0.225 e. The second-order valence-corrected chi connectivity index (χ2v) is 14.1. The quantitative estimate of drug-likeness (QED) is 0.453. The number of rotatable bonds is 6. The summed E-state index contributed by atoms with van der Waals surface area (Å²) in [6.45, 7) is 1.31. The number of nitriles is 1. The van der Waals surface area contributed by atoms with E-state index in [1.165, 1.54) is 12.1 Å². The number of pyridine rings is 1. The van der Waals surface area contributed by atoms with Crippen molar-refractivity contribution in [3.05, 3.63) is 60.3 Å². The van der Waals surface area contributed by atoms with Crippen molar-refractivity contribution in [1.82, 2.24) is 20.1 Å². The molecule has 220 valence electrons. The third-order valence-electron chi connectivity index (χ3n) is 8.73. The average molecular weight is 594 g/mol. The van der Waals surface area contributed by atoms with Gasteiger partial charge in [0.25, 0.3) is 0 Å². The van der Waals surface area contributed by atoms with Crippen molar-refractivity contribution in [3.8, 4) is 23.0 Å². The first-order valence-corrected chi connectivity index (χ1v) is 16.1. The first-order chi connectivity index (χ1) is 20.2. The molecule has 12 heteroatoms. The van der Waals surface area contributed by atoms with Gasteiger partial charge in [-0.3, -0.25) is 4.79 Å². The Kier molecular flexibility index (Phi) is 7.47. The van der Waals surface area contributed by atoms with Gasteiger partial charge in [-0.25, -0.2) is 27.0 Å². The Labute approximate surface area is 244 Å². The SMILES string of the molecule is CN=S1(=O)CCN(c2ccc(-c3cn(-c4ccc(F)cn4)nc3[C@@H]3CC[C@H](F)C[C@H]3C(=O)NC3(C#N)CC3)cc2)CC1.